The van der Waals surface area contributed by atoms with Crippen LogP contribution in [0, 0.1) is 5.92 Å². The predicted molar refractivity (Wildman–Crippen MR) is 75.2 cm³/mol. The van der Waals surface area contributed by atoms with E-state index < -0.39 is 0 Å². The molecule has 20 heavy (non-hydrogen) atoms. The van der Waals surface area contributed by atoms with Crippen molar-refractivity contribution in [1.82, 2.24) is 20.4 Å². The number of carbonyl (C=O) groups excluding carboxylic acids is 2. The van der Waals surface area contributed by atoms with E-state index in [0.29, 0.717) is 24.9 Å². The van der Waals surface area contributed by atoms with Gasteiger partial charge in [0.2, 0.25) is 11.8 Å². The maximum absolute atomic E-state index is 12.4. The molecule has 6 nitrogen and oxygen atoms in total. The van der Waals surface area contributed by atoms with Gasteiger partial charge < -0.3 is 15.5 Å². The van der Waals surface area contributed by atoms with Crippen LogP contribution in [0.25, 0.3) is 0 Å². The van der Waals surface area contributed by atoms with Crippen molar-refractivity contribution in [2.75, 3.05) is 45.8 Å². The van der Waals surface area contributed by atoms with E-state index in [4.69, 9.17) is 0 Å². The Kier molecular flexibility index (Phi) is 4.21. The molecular weight excluding hydrogens is 256 g/mol. The lowest BCUT2D eigenvalue weighted by Gasteiger charge is -2.42. The van der Waals surface area contributed by atoms with E-state index in [1.54, 1.807) is 0 Å². The highest BCUT2D eigenvalue weighted by Crippen LogP contribution is 2.25. The second-order valence-electron chi connectivity index (χ2n) is 6.13. The highest BCUT2D eigenvalue weighted by Gasteiger charge is 2.35. The summed E-state index contributed by atoms with van der Waals surface area (Å²) in [4.78, 5) is 28.0. The van der Waals surface area contributed by atoms with E-state index in [0.717, 1.165) is 52.1 Å². The summed E-state index contributed by atoms with van der Waals surface area (Å²) in [5, 5.41) is 6.37. The number of hydrogen-bond acceptors (Lipinski definition) is 4. The quantitative estimate of drug-likeness (QED) is 0.682. The second-order valence-corrected chi connectivity index (χ2v) is 6.13. The molecule has 3 fully saturated rings. The molecule has 2 atom stereocenters. The number of piperidine rings is 2. The number of carbonyl (C=O) groups is 2. The van der Waals surface area contributed by atoms with Crippen LogP contribution in [0.15, 0.2) is 0 Å². The summed E-state index contributed by atoms with van der Waals surface area (Å²) in [5.74, 6) is 0.877. The third-order valence-electron chi connectivity index (χ3n) is 4.74. The van der Waals surface area contributed by atoms with E-state index >= 15 is 0 Å². The van der Waals surface area contributed by atoms with Gasteiger partial charge in [0, 0.05) is 51.7 Å². The summed E-state index contributed by atoms with van der Waals surface area (Å²) >= 11 is 0. The molecular formula is C14H24N4O2. The fourth-order valence-electron chi connectivity index (χ4n) is 3.50. The molecule has 0 spiro atoms. The highest BCUT2D eigenvalue weighted by molar-refractivity contribution is 5.79. The van der Waals surface area contributed by atoms with Crippen LogP contribution in [0.3, 0.4) is 0 Å². The van der Waals surface area contributed by atoms with E-state index in [1.807, 2.05) is 4.90 Å². The van der Waals surface area contributed by atoms with E-state index in [-0.39, 0.29) is 11.8 Å². The monoisotopic (exact) mass is 280 g/mol. The smallest absolute Gasteiger partial charge is 0.236 e. The molecule has 0 aromatic heterocycles. The van der Waals surface area contributed by atoms with Crippen molar-refractivity contribution < 1.29 is 9.59 Å². The van der Waals surface area contributed by atoms with Crippen LogP contribution >= 0.6 is 0 Å². The topological polar surface area (TPSA) is 64.7 Å². The van der Waals surface area contributed by atoms with Crippen LogP contribution in [-0.2, 0) is 9.59 Å². The lowest BCUT2D eigenvalue weighted by Crippen LogP contribution is -2.56. The zero-order valence-corrected chi connectivity index (χ0v) is 11.9. The fourth-order valence-corrected chi connectivity index (χ4v) is 3.50. The van der Waals surface area contributed by atoms with Crippen LogP contribution in [0.1, 0.15) is 19.3 Å². The molecule has 0 saturated carbocycles. The molecule has 6 heteroatoms. The minimum atomic E-state index is 0.173. The molecule has 0 aromatic carbocycles. The van der Waals surface area contributed by atoms with E-state index in [2.05, 4.69) is 15.5 Å². The van der Waals surface area contributed by atoms with Crippen LogP contribution in [-0.4, -0.2) is 73.5 Å². The molecule has 3 aliphatic rings. The first-order valence-corrected chi connectivity index (χ1v) is 7.72. The molecule has 3 rings (SSSR count). The van der Waals surface area contributed by atoms with Gasteiger partial charge in [-0.3, -0.25) is 14.5 Å². The lowest BCUT2D eigenvalue weighted by atomic mass is 9.85. The van der Waals surface area contributed by atoms with E-state index in [1.165, 1.54) is 0 Å². The van der Waals surface area contributed by atoms with Crippen molar-refractivity contribution in [3.05, 3.63) is 0 Å². The predicted octanol–water partition coefficient (Wildman–Crippen LogP) is -0.981. The Morgan fingerprint density at radius 3 is 2.80 bits per heavy atom. The summed E-state index contributed by atoms with van der Waals surface area (Å²) in [6, 6.07) is 0.291. The summed E-state index contributed by atoms with van der Waals surface area (Å²) in [6.45, 7) is 6.02. The van der Waals surface area contributed by atoms with Gasteiger partial charge in [-0.1, -0.05) is 0 Å². The Balaban J connectivity index is 1.50. The van der Waals surface area contributed by atoms with Crippen molar-refractivity contribution in [2.24, 2.45) is 5.92 Å². The Bertz CT molecular complexity index is 381. The number of amides is 2. The van der Waals surface area contributed by atoms with Crippen LogP contribution in [0.5, 0.6) is 0 Å². The average Bonchev–Trinajstić information content (AvgIpc) is 2.47. The highest BCUT2D eigenvalue weighted by atomic mass is 16.2. The van der Waals surface area contributed by atoms with Gasteiger partial charge in [-0.25, -0.2) is 0 Å². The van der Waals surface area contributed by atoms with Gasteiger partial charge in [0.25, 0.3) is 0 Å². The first kappa shape index (κ1) is 13.8. The summed E-state index contributed by atoms with van der Waals surface area (Å²) in [7, 11) is 0. The normalized spacial score (nSPS) is 31.6. The first-order valence-electron chi connectivity index (χ1n) is 7.72. The molecule has 112 valence electrons. The molecule has 3 heterocycles. The van der Waals surface area contributed by atoms with Crippen LogP contribution < -0.4 is 10.6 Å². The number of nitrogens with one attached hydrogen (secondary N) is 2. The molecule has 2 N–H and O–H groups in total. The Morgan fingerprint density at radius 2 is 2.00 bits per heavy atom. The van der Waals surface area contributed by atoms with Crippen LogP contribution in [0.2, 0.25) is 0 Å². The van der Waals surface area contributed by atoms with E-state index in [9.17, 15) is 9.59 Å². The molecule has 2 amide bonds. The molecule has 0 aromatic rings. The minimum absolute atomic E-state index is 0.173. The Labute approximate surface area is 119 Å². The Hall–Kier alpha value is -1.14. The molecule has 0 radical (unpaired) electrons. The second kappa shape index (κ2) is 6.10. The number of fused-ring (bicyclic) bond motifs is 1. The lowest BCUT2D eigenvalue weighted by molar-refractivity contribution is -0.136. The third-order valence-corrected chi connectivity index (χ3v) is 4.74. The van der Waals surface area contributed by atoms with Gasteiger partial charge >= 0.3 is 0 Å². The van der Waals surface area contributed by atoms with Gasteiger partial charge in [0.05, 0.1) is 6.54 Å². The van der Waals surface area contributed by atoms with Crippen molar-refractivity contribution in [1.29, 1.82) is 0 Å². The molecule has 3 aliphatic heterocycles. The summed E-state index contributed by atoms with van der Waals surface area (Å²) in [5.41, 5.74) is 0. The average molecular weight is 280 g/mol. The summed E-state index contributed by atoms with van der Waals surface area (Å²) < 4.78 is 0. The largest absolute Gasteiger partial charge is 0.353 e. The van der Waals surface area contributed by atoms with Crippen molar-refractivity contribution >= 4 is 11.8 Å². The standard InChI is InChI=1S/C14H24N4O2/c19-13-2-1-11-9-18(6-3-12(11)16-13)14(20)10-17-7-4-15-5-8-17/h11-12,15H,1-10H2,(H,16,19). The SMILES string of the molecule is O=C1CCC2CN(C(=O)CN3CCNCC3)CCC2N1. The third kappa shape index (κ3) is 3.12. The number of hydrogen-bond donors (Lipinski definition) is 2. The number of rotatable bonds is 2. The van der Waals surface area contributed by atoms with Crippen molar-refractivity contribution in [3.8, 4) is 0 Å². The van der Waals surface area contributed by atoms with Gasteiger partial charge in [0.1, 0.15) is 0 Å². The van der Waals surface area contributed by atoms with Crippen molar-refractivity contribution in [3.63, 3.8) is 0 Å². The van der Waals surface area contributed by atoms with Crippen LogP contribution in [0.4, 0.5) is 0 Å². The van der Waals surface area contributed by atoms with Gasteiger partial charge in [0.15, 0.2) is 0 Å². The first-order chi connectivity index (χ1) is 9.72. The van der Waals surface area contributed by atoms with Gasteiger partial charge in [-0.2, -0.15) is 0 Å². The Morgan fingerprint density at radius 1 is 1.20 bits per heavy atom. The molecule has 0 aliphatic carbocycles. The number of piperazine rings is 1. The van der Waals surface area contributed by atoms with Gasteiger partial charge in [-0.15, -0.1) is 0 Å². The molecule has 0 bridgehead atoms. The van der Waals surface area contributed by atoms with Crippen molar-refractivity contribution in [2.45, 2.75) is 25.3 Å². The minimum Gasteiger partial charge on any atom is -0.353 e. The van der Waals surface area contributed by atoms with Gasteiger partial charge in [-0.05, 0) is 18.8 Å². The fraction of sp³-hybridized carbons (Fsp3) is 0.857. The summed E-state index contributed by atoms with van der Waals surface area (Å²) in [6.07, 6.45) is 2.44. The zero-order valence-electron chi connectivity index (χ0n) is 11.9. The number of nitrogens with zero attached hydrogens (tertiary/aromatic N) is 2. The zero-order chi connectivity index (χ0) is 13.9. The maximum Gasteiger partial charge on any atom is 0.236 e. The molecule has 2 unspecified atom stereocenters. The maximum atomic E-state index is 12.4. The molecule has 3 saturated heterocycles. The number of likely N-dealkylation sites (tertiary alicyclic amines) is 1.